The van der Waals surface area contributed by atoms with Crippen molar-refractivity contribution in [3.63, 3.8) is 0 Å². The monoisotopic (exact) mass is 363 g/mol. The lowest BCUT2D eigenvalue weighted by Gasteiger charge is -2.35. The molecule has 1 fully saturated rings. The fourth-order valence-corrected chi connectivity index (χ4v) is 2.83. The number of ether oxygens (including phenoxy) is 2. The summed E-state index contributed by atoms with van der Waals surface area (Å²) in [5, 5.41) is 13.0. The van der Waals surface area contributed by atoms with Gasteiger partial charge in [-0.05, 0) is 25.3 Å². The van der Waals surface area contributed by atoms with Crippen molar-refractivity contribution < 1.29 is 19.4 Å². The van der Waals surface area contributed by atoms with Gasteiger partial charge in [0, 0.05) is 32.7 Å². The summed E-state index contributed by atoms with van der Waals surface area (Å²) in [7, 11) is 1.59. The Labute approximate surface area is 155 Å². The number of hydrogen-bond donors (Lipinski definition) is 2. The predicted molar refractivity (Wildman–Crippen MR) is 100 cm³/mol. The second-order valence-corrected chi connectivity index (χ2v) is 6.26. The molecule has 7 heteroatoms. The van der Waals surface area contributed by atoms with E-state index in [0.29, 0.717) is 24.6 Å². The predicted octanol–water partition coefficient (Wildman–Crippen LogP) is 0.702. The molecule has 26 heavy (non-hydrogen) atoms. The molecule has 1 heterocycles. The van der Waals surface area contributed by atoms with Crippen molar-refractivity contribution in [2.24, 2.45) is 0 Å². The number of carbonyl (C=O) groups is 1. The molecule has 2 rings (SSSR count). The summed E-state index contributed by atoms with van der Waals surface area (Å²) in [4.78, 5) is 16.0. The average molecular weight is 363 g/mol. The minimum Gasteiger partial charge on any atom is -0.493 e. The van der Waals surface area contributed by atoms with Crippen LogP contribution in [0.25, 0.3) is 0 Å². The number of rotatable bonds is 9. The summed E-state index contributed by atoms with van der Waals surface area (Å²) < 4.78 is 10.9. The molecule has 0 aliphatic carbocycles. The van der Waals surface area contributed by atoms with Crippen molar-refractivity contribution in [2.45, 2.75) is 13.0 Å². The quantitative estimate of drug-likeness (QED) is 0.673. The van der Waals surface area contributed by atoms with Crippen LogP contribution < -0.4 is 14.8 Å². The number of piperazine rings is 1. The number of allylic oxidation sites excluding steroid dienone is 1. The maximum atomic E-state index is 11.7. The Morgan fingerprint density at radius 3 is 2.54 bits per heavy atom. The largest absolute Gasteiger partial charge is 0.493 e. The third kappa shape index (κ3) is 6.67. The summed E-state index contributed by atoms with van der Waals surface area (Å²) in [6.45, 7) is 6.29. The fraction of sp³-hybridized carbons (Fsp3) is 0.526. The van der Waals surface area contributed by atoms with E-state index >= 15 is 0 Å². The second-order valence-electron chi connectivity index (χ2n) is 6.26. The number of hydrogen-bond acceptors (Lipinski definition) is 6. The average Bonchev–Trinajstić information content (AvgIpc) is 2.66. The van der Waals surface area contributed by atoms with E-state index < -0.39 is 6.10 Å². The van der Waals surface area contributed by atoms with E-state index in [9.17, 15) is 9.90 Å². The molecule has 1 saturated heterocycles. The highest BCUT2D eigenvalue weighted by Crippen LogP contribution is 2.25. The zero-order valence-electron chi connectivity index (χ0n) is 15.6. The van der Waals surface area contributed by atoms with E-state index in [0.717, 1.165) is 26.2 Å². The number of para-hydroxylation sites is 2. The Morgan fingerprint density at radius 1 is 1.23 bits per heavy atom. The topological polar surface area (TPSA) is 74.3 Å². The van der Waals surface area contributed by atoms with Crippen LogP contribution in [0.3, 0.4) is 0 Å². The fourth-order valence-electron chi connectivity index (χ4n) is 2.83. The van der Waals surface area contributed by atoms with Crippen LogP contribution in [0.4, 0.5) is 0 Å². The molecule has 1 aliphatic heterocycles. The highest BCUT2D eigenvalue weighted by molar-refractivity contribution is 5.78. The van der Waals surface area contributed by atoms with Crippen molar-refractivity contribution in [2.75, 3.05) is 53.0 Å². The summed E-state index contributed by atoms with van der Waals surface area (Å²) >= 11 is 0. The van der Waals surface area contributed by atoms with Crippen LogP contribution in [0.1, 0.15) is 6.92 Å². The van der Waals surface area contributed by atoms with Gasteiger partial charge in [0.2, 0.25) is 5.91 Å². The van der Waals surface area contributed by atoms with Gasteiger partial charge in [0.05, 0.1) is 13.7 Å². The van der Waals surface area contributed by atoms with Crippen LogP contribution in [0.15, 0.2) is 36.5 Å². The molecule has 1 amide bonds. The SMILES string of the molecule is C/C=C/NC(=O)CN1CCN(CC(O)COc2ccccc2OC)CC1. The van der Waals surface area contributed by atoms with Gasteiger partial charge in [0.25, 0.3) is 0 Å². The van der Waals surface area contributed by atoms with Gasteiger partial charge in [-0.25, -0.2) is 0 Å². The summed E-state index contributed by atoms with van der Waals surface area (Å²) in [5.74, 6) is 1.29. The Morgan fingerprint density at radius 2 is 1.88 bits per heavy atom. The molecule has 2 N–H and O–H groups in total. The van der Waals surface area contributed by atoms with Crippen LogP contribution in [-0.2, 0) is 4.79 Å². The highest BCUT2D eigenvalue weighted by atomic mass is 16.5. The van der Waals surface area contributed by atoms with Crippen molar-refractivity contribution in [1.29, 1.82) is 0 Å². The van der Waals surface area contributed by atoms with Crippen LogP contribution in [0.2, 0.25) is 0 Å². The molecule has 0 spiro atoms. The van der Waals surface area contributed by atoms with E-state index in [1.807, 2.05) is 31.2 Å². The van der Waals surface area contributed by atoms with Gasteiger partial charge >= 0.3 is 0 Å². The Kier molecular flexibility index (Phi) is 8.40. The lowest BCUT2D eigenvalue weighted by atomic mass is 10.2. The van der Waals surface area contributed by atoms with E-state index in [4.69, 9.17) is 9.47 Å². The van der Waals surface area contributed by atoms with Crippen molar-refractivity contribution in [3.05, 3.63) is 36.5 Å². The molecule has 1 aromatic carbocycles. The van der Waals surface area contributed by atoms with Crippen molar-refractivity contribution >= 4 is 5.91 Å². The normalized spacial score (nSPS) is 17.2. The molecule has 0 bridgehead atoms. The third-order valence-corrected chi connectivity index (χ3v) is 4.21. The van der Waals surface area contributed by atoms with Gasteiger partial charge in [-0.15, -0.1) is 0 Å². The number of nitrogens with one attached hydrogen (secondary N) is 1. The minimum absolute atomic E-state index is 0.00166. The van der Waals surface area contributed by atoms with Gasteiger partial charge in [-0.2, -0.15) is 0 Å². The highest BCUT2D eigenvalue weighted by Gasteiger charge is 2.21. The smallest absolute Gasteiger partial charge is 0.238 e. The Balaban J connectivity index is 1.67. The Hall–Kier alpha value is -2.09. The first-order valence-corrected chi connectivity index (χ1v) is 8.91. The summed E-state index contributed by atoms with van der Waals surface area (Å²) in [5.41, 5.74) is 0. The molecular formula is C19H29N3O4. The van der Waals surface area contributed by atoms with E-state index in [-0.39, 0.29) is 12.5 Å². The van der Waals surface area contributed by atoms with Crippen LogP contribution in [-0.4, -0.2) is 79.9 Å². The molecule has 0 saturated carbocycles. The molecule has 1 atom stereocenters. The van der Waals surface area contributed by atoms with Crippen LogP contribution in [0, 0.1) is 0 Å². The summed E-state index contributed by atoms with van der Waals surface area (Å²) in [6.07, 6.45) is 2.87. The standard InChI is InChI=1S/C19H29N3O4/c1-3-8-20-19(24)14-22-11-9-21(10-12-22)13-16(23)15-26-18-7-5-4-6-17(18)25-2/h3-8,16,23H,9-15H2,1-2H3,(H,20,24)/b8-3+. The number of carbonyl (C=O) groups excluding carboxylic acids is 1. The van der Waals surface area contributed by atoms with Crippen molar-refractivity contribution in [1.82, 2.24) is 15.1 Å². The van der Waals surface area contributed by atoms with Gasteiger partial charge < -0.3 is 19.9 Å². The molecule has 1 aromatic rings. The van der Waals surface area contributed by atoms with Gasteiger partial charge in [0.1, 0.15) is 12.7 Å². The van der Waals surface area contributed by atoms with E-state index in [1.54, 1.807) is 19.4 Å². The number of methoxy groups -OCH3 is 1. The molecule has 144 valence electrons. The first-order chi connectivity index (χ1) is 12.6. The molecular weight excluding hydrogens is 334 g/mol. The number of nitrogens with zero attached hydrogens (tertiary/aromatic N) is 2. The summed E-state index contributed by atoms with van der Waals surface area (Å²) in [6, 6.07) is 7.40. The molecule has 7 nitrogen and oxygen atoms in total. The lowest BCUT2D eigenvalue weighted by Crippen LogP contribution is -2.51. The van der Waals surface area contributed by atoms with E-state index in [2.05, 4.69) is 15.1 Å². The molecule has 1 unspecified atom stereocenters. The second kappa shape index (κ2) is 10.8. The lowest BCUT2D eigenvalue weighted by molar-refractivity contribution is -0.121. The zero-order chi connectivity index (χ0) is 18.8. The maximum Gasteiger partial charge on any atom is 0.238 e. The number of β-amino-alcohol motifs (C(OH)–C–C–N with tert-alkyl or cyclic N) is 1. The van der Waals surface area contributed by atoms with Crippen LogP contribution >= 0.6 is 0 Å². The molecule has 1 aliphatic rings. The zero-order valence-corrected chi connectivity index (χ0v) is 15.6. The van der Waals surface area contributed by atoms with Gasteiger partial charge in [0.15, 0.2) is 11.5 Å². The first-order valence-electron chi connectivity index (χ1n) is 8.91. The van der Waals surface area contributed by atoms with Gasteiger partial charge in [-0.3, -0.25) is 14.6 Å². The number of aliphatic hydroxyl groups excluding tert-OH is 1. The Bertz CT molecular complexity index is 586. The number of aliphatic hydroxyl groups is 1. The molecule has 0 radical (unpaired) electrons. The number of benzene rings is 1. The maximum absolute atomic E-state index is 11.7. The number of amides is 1. The van der Waals surface area contributed by atoms with Crippen LogP contribution in [0.5, 0.6) is 11.5 Å². The first kappa shape index (κ1) is 20.2. The molecule has 0 aromatic heterocycles. The van der Waals surface area contributed by atoms with E-state index in [1.165, 1.54) is 0 Å². The van der Waals surface area contributed by atoms with Gasteiger partial charge in [-0.1, -0.05) is 18.2 Å². The minimum atomic E-state index is -0.579. The van der Waals surface area contributed by atoms with Crippen molar-refractivity contribution in [3.8, 4) is 11.5 Å². The third-order valence-electron chi connectivity index (χ3n) is 4.21.